The van der Waals surface area contributed by atoms with Gasteiger partial charge in [0, 0.05) is 42.7 Å². The molecule has 1 aliphatic heterocycles. The maximum atomic E-state index is 4.88. The van der Waals surface area contributed by atoms with Crippen LogP contribution in [-0.2, 0) is 0 Å². The van der Waals surface area contributed by atoms with Crippen LogP contribution in [0.3, 0.4) is 0 Å². The molecule has 0 radical (unpaired) electrons. The summed E-state index contributed by atoms with van der Waals surface area (Å²) in [5.74, 6) is 1.75. The summed E-state index contributed by atoms with van der Waals surface area (Å²) < 4.78 is 1.95. The van der Waals surface area contributed by atoms with E-state index in [1.807, 2.05) is 11.4 Å². The Kier molecular flexibility index (Phi) is 5.11. The van der Waals surface area contributed by atoms with Crippen molar-refractivity contribution in [3.63, 3.8) is 0 Å². The van der Waals surface area contributed by atoms with Gasteiger partial charge >= 0.3 is 0 Å². The highest BCUT2D eigenvalue weighted by atomic mass is 15.4. The second kappa shape index (κ2) is 8.05. The molecule has 1 fully saturated rings. The van der Waals surface area contributed by atoms with Gasteiger partial charge in [0.25, 0.3) is 0 Å². The van der Waals surface area contributed by atoms with Gasteiger partial charge in [-0.15, -0.1) is 5.10 Å². The zero-order valence-corrected chi connectivity index (χ0v) is 17.8. The molecule has 0 amide bonds. The number of allylic oxidation sites excluding steroid dienone is 2. The van der Waals surface area contributed by atoms with Gasteiger partial charge in [-0.25, -0.2) is 14.5 Å². The number of nitrogens with one attached hydrogen (secondary N) is 1. The van der Waals surface area contributed by atoms with Crippen molar-refractivity contribution in [2.24, 2.45) is 0 Å². The third-order valence-electron chi connectivity index (χ3n) is 6.15. The van der Waals surface area contributed by atoms with E-state index >= 15 is 0 Å². The van der Waals surface area contributed by atoms with Crippen molar-refractivity contribution in [2.75, 3.05) is 23.3 Å². The van der Waals surface area contributed by atoms with Crippen LogP contribution in [0.1, 0.15) is 55.3 Å². The van der Waals surface area contributed by atoms with Crippen molar-refractivity contribution in [2.45, 2.75) is 58.4 Å². The van der Waals surface area contributed by atoms with Gasteiger partial charge in [0.2, 0.25) is 5.95 Å². The van der Waals surface area contributed by atoms with Crippen LogP contribution in [0.2, 0.25) is 0 Å². The van der Waals surface area contributed by atoms with Crippen molar-refractivity contribution < 1.29 is 0 Å². The molecule has 0 spiro atoms. The Morgan fingerprint density at radius 1 is 1.07 bits per heavy atom. The van der Waals surface area contributed by atoms with E-state index in [4.69, 9.17) is 10.1 Å². The Bertz CT molecular complexity index is 1080. The van der Waals surface area contributed by atoms with Crippen LogP contribution < -0.4 is 10.2 Å². The number of fused-ring (bicyclic) bond motifs is 1. The van der Waals surface area contributed by atoms with Gasteiger partial charge in [0.15, 0.2) is 5.65 Å². The van der Waals surface area contributed by atoms with E-state index in [1.54, 1.807) is 6.33 Å². The zero-order chi connectivity index (χ0) is 20.5. The fourth-order valence-electron chi connectivity index (χ4n) is 4.55. The van der Waals surface area contributed by atoms with Gasteiger partial charge in [0.05, 0.1) is 0 Å². The first-order valence-corrected chi connectivity index (χ1v) is 11.0. The molecule has 2 aliphatic rings. The highest BCUT2D eigenvalue weighted by molar-refractivity contribution is 5.77. The summed E-state index contributed by atoms with van der Waals surface area (Å²) in [6, 6.07) is 4.69. The Morgan fingerprint density at radius 3 is 2.70 bits per heavy atom. The standard InChI is InChI=1S/C23H29N7/c1-16-12-20(18-6-4-3-5-7-18)22-27-23(28-30(22)14-16)26-19-8-10-29(11-9-19)21-13-17(2)24-15-25-21/h6,12-15,19H,3-5,7-11H2,1-2H3,(H,26,28). The van der Waals surface area contributed by atoms with E-state index < -0.39 is 0 Å². The number of rotatable bonds is 4. The molecule has 4 heterocycles. The molecule has 0 atom stereocenters. The molecule has 0 aromatic carbocycles. The third kappa shape index (κ3) is 3.88. The molecule has 0 unspecified atom stereocenters. The topological polar surface area (TPSA) is 71.2 Å². The molecule has 30 heavy (non-hydrogen) atoms. The van der Waals surface area contributed by atoms with Crippen LogP contribution in [0.5, 0.6) is 0 Å². The van der Waals surface area contributed by atoms with Crippen molar-refractivity contribution in [3.8, 4) is 0 Å². The number of hydrogen-bond donors (Lipinski definition) is 1. The maximum absolute atomic E-state index is 4.88. The van der Waals surface area contributed by atoms with Crippen LogP contribution in [0.4, 0.5) is 11.8 Å². The Balaban J connectivity index is 1.31. The number of pyridine rings is 1. The first-order chi connectivity index (χ1) is 14.7. The fourth-order valence-corrected chi connectivity index (χ4v) is 4.55. The summed E-state index contributed by atoms with van der Waals surface area (Å²) >= 11 is 0. The molecule has 7 nitrogen and oxygen atoms in total. The van der Waals surface area contributed by atoms with Gasteiger partial charge < -0.3 is 10.2 Å². The quantitative estimate of drug-likeness (QED) is 0.705. The number of anilines is 2. The van der Waals surface area contributed by atoms with Gasteiger partial charge in [0.1, 0.15) is 12.1 Å². The van der Waals surface area contributed by atoms with Crippen molar-refractivity contribution in [1.82, 2.24) is 24.6 Å². The maximum Gasteiger partial charge on any atom is 0.243 e. The van der Waals surface area contributed by atoms with E-state index in [0.29, 0.717) is 6.04 Å². The second-order valence-electron chi connectivity index (χ2n) is 8.53. The molecule has 1 N–H and O–H groups in total. The first-order valence-electron chi connectivity index (χ1n) is 11.0. The molecule has 3 aromatic heterocycles. The smallest absolute Gasteiger partial charge is 0.243 e. The number of hydrogen-bond acceptors (Lipinski definition) is 6. The molecule has 5 rings (SSSR count). The van der Waals surface area contributed by atoms with Crippen molar-refractivity contribution in [3.05, 3.63) is 47.6 Å². The zero-order valence-electron chi connectivity index (χ0n) is 17.8. The molecule has 156 valence electrons. The minimum absolute atomic E-state index is 0.375. The molecular weight excluding hydrogens is 374 g/mol. The number of aromatic nitrogens is 5. The Labute approximate surface area is 177 Å². The van der Waals surface area contributed by atoms with Gasteiger partial charge in [-0.1, -0.05) is 6.08 Å². The molecule has 0 bridgehead atoms. The van der Waals surface area contributed by atoms with Crippen LogP contribution >= 0.6 is 0 Å². The third-order valence-corrected chi connectivity index (χ3v) is 6.15. The van der Waals surface area contributed by atoms with Crippen molar-refractivity contribution in [1.29, 1.82) is 0 Å². The predicted molar refractivity (Wildman–Crippen MR) is 120 cm³/mol. The molecule has 1 aliphatic carbocycles. The molecule has 1 saturated heterocycles. The summed E-state index contributed by atoms with van der Waals surface area (Å²) in [4.78, 5) is 15.8. The summed E-state index contributed by atoms with van der Waals surface area (Å²) in [6.45, 7) is 6.08. The van der Waals surface area contributed by atoms with E-state index in [-0.39, 0.29) is 0 Å². The lowest BCUT2D eigenvalue weighted by molar-refractivity contribution is 0.520. The van der Waals surface area contributed by atoms with E-state index in [2.05, 4.69) is 51.5 Å². The summed E-state index contributed by atoms with van der Waals surface area (Å²) in [5, 5.41) is 8.33. The second-order valence-corrected chi connectivity index (χ2v) is 8.53. The van der Waals surface area contributed by atoms with Gasteiger partial charge in [-0.05, 0) is 69.6 Å². The number of piperidine rings is 1. The molecule has 3 aromatic rings. The lowest BCUT2D eigenvalue weighted by Gasteiger charge is -2.32. The highest BCUT2D eigenvalue weighted by Gasteiger charge is 2.22. The predicted octanol–water partition coefficient (Wildman–Crippen LogP) is 4.17. The molecule has 0 saturated carbocycles. The summed E-state index contributed by atoms with van der Waals surface area (Å²) in [7, 11) is 0. The van der Waals surface area contributed by atoms with E-state index in [1.165, 1.54) is 36.0 Å². The molecule has 7 heteroatoms. The number of aryl methyl sites for hydroxylation is 2. The van der Waals surface area contributed by atoms with Crippen LogP contribution in [-0.4, -0.2) is 43.7 Å². The van der Waals surface area contributed by atoms with Crippen LogP contribution in [0, 0.1) is 13.8 Å². The minimum atomic E-state index is 0.375. The highest BCUT2D eigenvalue weighted by Crippen LogP contribution is 2.30. The summed E-state index contributed by atoms with van der Waals surface area (Å²) in [5.41, 5.74) is 5.85. The van der Waals surface area contributed by atoms with Gasteiger partial charge in [-0.3, -0.25) is 0 Å². The van der Waals surface area contributed by atoms with E-state index in [9.17, 15) is 0 Å². The SMILES string of the molecule is Cc1cc(C2=CCCCC2)c2nc(NC3CCN(c4cc(C)ncn4)CC3)nn2c1. The average Bonchev–Trinajstić information content (AvgIpc) is 3.16. The fraction of sp³-hybridized carbons (Fsp3) is 0.478. The Morgan fingerprint density at radius 2 is 1.93 bits per heavy atom. The Hall–Kier alpha value is -2.96. The summed E-state index contributed by atoms with van der Waals surface area (Å²) in [6.07, 6.45) is 13.0. The normalized spacial score (nSPS) is 17.9. The lowest BCUT2D eigenvalue weighted by Crippen LogP contribution is -2.39. The first kappa shape index (κ1) is 19.0. The average molecular weight is 404 g/mol. The van der Waals surface area contributed by atoms with E-state index in [0.717, 1.165) is 55.5 Å². The van der Waals surface area contributed by atoms with Crippen LogP contribution in [0.25, 0.3) is 11.2 Å². The minimum Gasteiger partial charge on any atom is -0.356 e. The lowest BCUT2D eigenvalue weighted by atomic mass is 9.94. The largest absolute Gasteiger partial charge is 0.356 e. The van der Waals surface area contributed by atoms with Crippen LogP contribution in [0.15, 0.2) is 30.7 Å². The monoisotopic (exact) mass is 403 g/mol. The van der Waals surface area contributed by atoms with Gasteiger partial charge in [-0.2, -0.15) is 4.98 Å². The molecular formula is C23H29N7. The number of nitrogens with zero attached hydrogens (tertiary/aromatic N) is 6. The van der Waals surface area contributed by atoms with Crippen molar-refractivity contribution >= 4 is 23.0 Å².